The van der Waals surface area contributed by atoms with Crippen molar-refractivity contribution < 1.29 is 19.4 Å². The molecule has 1 fully saturated rings. The van der Waals surface area contributed by atoms with E-state index in [1.807, 2.05) is 0 Å². The fourth-order valence-corrected chi connectivity index (χ4v) is 1.47. The minimum absolute atomic E-state index is 0.0298. The molecule has 2 N–H and O–H groups in total. The van der Waals surface area contributed by atoms with Gasteiger partial charge in [0.15, 0.2) is 0 Å². The molecule has 0 spiro atoms. The van der Waals surface area contributed by atoms with Crippen molar-refractivity contribution in [2.75, 3.05) is 13.2 Å². The van der Waals surface area contributed by atoms with Gasteiger partial charge in [-0.25, -0.2) is 0 Å². The summed E-state index contributed by atoms with van der Waals surface area (Å²) < 4.78 is 5.29. The van der Waals surface area contributed by atoms with E-state index in [2.05, 4.69) is 5.32 Å². The minimum atomic E-state index is -1.04. The maximum absolute atomic E-state index is 11.0. The summed E-state index contributed by atoms with van der Waals surface area (Å²) in [7, 11) is 0. The number of hydrogen-bond acceptors (Lipinski definition) is 3. The second kappa shape index (κ2) is 5.59. The van der Waals surface area contributed by atoms with Crippen molar-refractivity contribution in [2.45, 2.75) is 31.8 Å². The highest BCUT2D eigenvalue weighted by molar-refractivity contribution is 5.81. The molecule has 0 radical (unpaired) electrons. The van der Waals surface area contributed by atoms with Crippen LogP contribution in [0.4, 0.5) is 0 Å². The molecule has 0 unspecified atom stereocenters. The third kappa shape index (κ3) is 4.23. The number of carboxylic acid groups (broad SMARTS) is 1. The third-order valence-corrected chi connectivity index (χ3v) is 2.19. The zero-order chi connectivity index (χ0) is 10.4. The van der Waals surface area contributed by atoms with E-state index < -0.39 is 5.97 Å². The summed E-state index contributed by atoms with van der Waals surface area (Å²) in [5.74, 6) is -1.40. The number of nitrogens with one attached hydrogen (secondary N) is 1. The lowest BCUT2D eigenvalue weighted by Gasteiger charge is -2.09. The normalized spacial score (nSPS) is 16.9. The Bertz CT molecular complexity index is 211. The summed E-state index contributed by atoms with van der Waals surface area (Å²) in [4.78, 5) is 21.1. The van der Waals surface area contributed by atoms with Crippen molar-refractivity contribution in [3.05, 3.63) is 0 Å². The van der Waals surface area contributed by atoms with Gasteiger partial charge in [0.1, 0.15) is 13.2 Å². The number of carbonyl (C=O) groups is 2. The van der Waals surface area contributed by atoms with Gasteiger partial charge in [0, 0.05) is 0 Å². The van der Waals surface area contributed by atoms with Crippen LogP contribution in [0.15, 0.2) is 0 Å². The first-order valence-electron chi connectivity index (χ1n) is 4.78. The van der Waals surface area contributed by atoms with Gasteiger partial charge in [-0.1, -0.05) is 12.8 Å². The molecular weight excluding hydrogens is 186 g/mol. The molecule has 80 valence electrons. The predicted octanol–water partition coefficient (Wildman–Crippen LogP) is 0.146. The molecule has 1 aliphatic carbocycles. The molecule has 1 saturated carbocycles. The zero-order valence-corrected chi connectivity index (χ0v) is 7.99. The van der Waals surface area contributed by atoms with Crippen LogP contribution in [0.3, 0.4) is 0 Å². The van der Waals surface area contributed by atoms with Crippen LogP contribution in [0, 0.1) is 0 Å². The van der Waals surface area contributed by atoms with E-state index in [0.717, 1.165) is 25.7 Å². The lowest BCUT2D eigenvalue weighted by molar-refractivity contribution is -0.139. The van der Waals surface area contributed by atoms with Gasteiger partial charge in [0.25, 0.3) is 0 Å². The van der Waals surface area contributed by atoms with Crippen molar-refractivity contribution in [1.82, 2.24) is 5.32 Å². The Balaban J connectivity index is 2.05. The highest BCUT2D eigenvalue weighted by atomic mass is 16.5. The van der Waals surface area contributed by atoms with E-state index in [0.29, 0.717) is 0 Å². The number of carbonyl (C=O) groups excluding carboxylic acids is 1. The van der Waals surface area contributed by atoms with Gasteiger partial charge in [-0.15, -0.1) is 0 Å². The van der Waals surface area contributed by atoms with Gasteiger partial charge >= 0.3 is 5.97 Å². The van der Waals surface area contributed by atoms with E-state index >= 15 is 0 Å². The number of carboxylic acids is 1. The molecule has 0 aromatic heterocycles. The van der Waals surface area contributed by atoms with E-state index in [9.17, 15) is 9.59 Å². The highest BCUT2D eigenvalue weighted by Crippen LogP contribution is 2.20. The standard InChI is InChI=1S/C9H15NO4/c11-8(10-5-9(12)13)6-14-7-3-1-2-4-7/h7H,1-6H2,(H,10,11)(H,12,13). The molecule has 0 heterocycles. The largest absolute Gasteiger partial charge is 0.480 e. The van der Waals surface area contributed by atoms with Gasteiger partial charge in [-0.05, 0) is 12.8 Å². The molecule has 0 bridgehead atoms. The summed E-state index contributed by atoms with van der Waals surface area (Å²) in [6, 6.07) is 0. The van der Waals surface area contributed by atoms with Crippen LogP contribution in [0.5, 0.6) is 0 Å². The molecular formula is C9H15NO4. The first-order valence-corrected chi connectivity index (χ1v) is 4.78. The van der Waals surface area contributed by atoms with Crippen molar-refractivity contribution >= 4 is 11.9 Å². The third-order valence-electron chi connectivity index (χ3n) is 2.19. The van der Waals surface area contributed by atoms with E-state index in [4.69, 9.17) is 9.84 Å². The first kappa shape index (κ1) is 11.0. The Morgan fingerprint density at radius 3 is 2.57 bits per heavy atom. The van der Waals surface area contributed by atoms with Gasteiger partial charge < -0.3 is 15.2 Å². The molecule has 5 heteroatoms. The number of aliphatic carboxylic acids is 1. The zero-order valence-electron chi connectivity index (χ0n) is 7.99. The maximum Gasteiger partial charge on any atom is 0.322 e. The van der Waals surface area contributed by atoms with Crippen molar-refractivity contribution in [1.29, 1.82) is 0 Å². The quantitative estimate of drug-likeness (QED) is 0.663. The summed E-state index contributed by atoms with van der Waals surface area (Å²) in [5.41, 5.74) is 0. The van der Waals surface area contributed by atoms with Crippen LogP contribution < -0.4 is 5.32 Å². The number of hydrogen-bond donors (Lipinski definition) is 2. The van der Waals surface area contributed by atoms with Crippen LogP contribution in [0.1, 0.15) is 25.7 Å². The lowest BCUT2D eigenvalue weighted by Crippen LogP contribution is -2.33. The lowest BCUT2D eigenvalue weighted by atomic mass is 10.3. The highest BCUT2D eigenvalue weighted by Gasteiger charge is 2.16. The molecule has 1 rings (SSSR count). The van der Waals surface area contributed by atoms with Gasteiger partial charge in [0.2, 0.25) is 5.91 Å². The summed E-state index contributed by atoms with van der Waals surface area (Å²) >= 11 is 0. The molecule has 0 aliphatic heterocycles. The Morgan fingerprint density at radius 1 is 1.36 bits per heavy atom. The van der Waals surface area contributed by atoms with Crippen LogP contribution in [0.2, 0.25) is 0 Å². The molecule has 1 amide bonds. The van der Waals surface area contributed by atoms with E-state index in [-0.39, 0.29) is 25.2 Å². The van der Waals surface area contributed by atoms with Gasteiger partial charge in [0.05, 0.1) is 6.10 Å². The number of rotatable bonds is 5. The average molecular weight is 201 g/mol. The van der Waals surface area contributed by atoms with Crippen LogP contribution in [0.25, 0.3) is 0 Å². The predicted molar refractivity (Wildman–Crippen MR) is 48.9 cm³/mol. The Kier molecular flexibility index (Phi) is 4.39. The van der Waals surface area contributed by atoms with E-state index in [1.54, 1.807) is 0 Å². The fraction of sp³-hybridized carbons (Fsp3) is 0.778. The minimum Gasteiger partial charge on any atom is -0.480 e. The molecule has 1 aliphatic rings. The van der Waals surface area contributed by atoms with E-state index in [1.165, 1.54) is 0 Å². The Labute approximate surface area is 82.4 Å². The summed E-state index contributed by atoms with van der Waals surface area (Å²) in [6.45, 7) is -0.370. The monoisotopic (exact) mass is 201 g/mol. The second-order valence-electron chi connectivity index (χ2n) is 3.39. The van der Waals surface area contributed by atoms with Crippen LogP contribution in [-0.2, 0) is 14.3 Å². The Morgan fingerprint density at radius 2 is 2.00 bits per heavy atom. The van der Waals surface area contributed by atoms with Crippen LogP contribution in [-0.4, -0.2) is 36.2 Å². The first-order chi connectivity index (χ1) is 6.68. The number of ether oxygens (including phenoxy) is 1. The second-order valence-corrected chi connectivity index (χ2v) is 3.39. The van der Waals surface area contributed by atoms with Crippen molar-refractivity contribution in [2.24, 2.45) is 0 Å². The molecule has 0 atom stereocenters. The number of amides is 1. The van der Waals surface area contributed by atoms with Gasteiger partial charge in [-0.2, -0.15) is 0 Å². The smallest absolute Gasteiger partial charge is 0.322 e. The van der Waals surface area contributed by atoms with Crippen LogP contribution >= 0.6 is 0 Å². The fourth-order valence-electron chi connectivity index (χ4n) is 1.47. The molecule has 5 nitrogen and oxygen atoms in total. The Hall–Kier alpha value is -1.10. The maximum atomic E-state index is 11.0. The average Bonchev–Trinajstić information content (AvgIpc) is 2.63. The van der Waals surface area contributed by atoms with Gasteiger partial charge in [-0.3, -0.25) is 9.59 Å². The van der Waals surface area contributed by atoms with Crippen molar-refractivity contribution in [3.63, 3.8) is 0 Å². The topological polar surface area (TPSA) is 75.6 Å². The SMILES string of the molecule is O=C(O)CNC(=O)COC1CCCC1. The summed E-state index contributed by atoms with van der Waals surface area (Å²) in [5, 5.41) is 10.5. The molecule has 14 heavy (non-hydrogen) atoms. The summed E-state index contributed by atoms with van der Waals surface area (Å²) in [6.07, 6.45) is 4.51. The molecule has 0 aromatic rings. The molecule has 0 saturated heterocycles. The molecule has 0 aromatic carbocycles. The van der Waals surface area contributed by atoms with Crippen molar-refractivity contribution in [3.8, 4) is 0 Å².